The van der Waals surface area contributed by atoms with E-state index in [0.29, 0.717) is 0 Å². The molecule has 5 nitrogen and oxygen atoms in total. The molecule has 5 heteroatoms. The van der Waals surface area contributed by atoms with Crippen LogP contribution in [0.15, 0.2) is 18.2 Å². The van der Waals surface area contributed by atoms with Gasteiger partial charge < -0.3 is 16.2 Å². The molecule has 1 aliphatic rings. The SMILES string of the molecule is CCCC1Nc2nc(N)nc3cccc(c23)C1CO. The van der Waals surface area contributed by atoms with E-state index in [1.54, 1.807) is 0 Å². The first-order valence-electron chi connectivity index (χ1n) is 6.68. The van der Waals surface area contributed by atoms with Crippen molar-refractivity contribution >= 4 is 22.7 Å². The number of aliphatic hydroxyl groups is 1. The van der Waals surface area contributed by atoms with E-state index in [-0.39, 0.29) is 24.5 Å². The van der Waals surface area contributed by atoms with Crippen LogP contribution in [0, 0.1) is 0 Å². The molecule has 0 bridgehead atoms. The molecule has 0 radical (unpaired) electrons. The number of aliphatic hydroxyl groups excluding tert-OH is 1. The lowest BCUT2D eigenvalue weighted by Crippen LogP contribution is -2.33. The van der Waals surface area contributed by atoms with Crippen molar-refractivity contribution < 1.29 is 5.11 Å². The number of aromatic nitrogens is 2. The molecule has 19 heavy (non-hydrogen) atoms. The van der Waals surface area contributed by atoms with E-state index < -0.39 is 0 Å². The van der Waals surface area contributed by atoms with Crippen LogP contribution >= 0.6 is 0 Å². The quantitative estimate of drug-likeness (QED) is 0.783. The van der Waals surface area contributed by atoms with Crippen LogP contribution in [0.4, 0.5) is 11.8 Å². The number of anilines is 2. The Bertz CT molecular complexity index is 614. The van der Waals surface area contributed by atoms with Gasteiger partial charge in [-0.1, -0.05) is 25.5 Å². The van der Waals surface area contributed by atoms with Gasteiger partial charge in [0.25, 0.3) is 0 Å². The largest absolute Gasteiger partial charge is 0.396 e. The molecule has 0 amide bonds. The summed E-state index contributed by atoms with van der Waals surface area (Å²) in [7, 11) is 0. The molecule has 0 spiro atoms. The van der Waals surface area contributed by atoms with E-state index in [1.807, 2.05) is 12.1 Å². The second-order valence-electron chi connectivity index (χ2n) is 5.00. The minimum absolute atomic E-state index is 0.0865. The Balaban J connectivity index is 2.21. The van der Waals surface area contributed by atoms with Gasteiger partial charge in [-0.2, -0.15) is 4.98 Å². The van der Waals surface area contributed by atoms with E-state index in [9.17, 15) is 5.11 Å². The highest BCUT2D eigenvalue weighted by Crippen LogP contribution is 2.38. The zero-order valence-electron chi connectivity index (χ0n) is 10.9. The summed E-state index contributed by atoms with van der Waals surface area (Å²) >= 11 is 0. The third-order valence-corrected chi connectivity index (χ3v) is 3.78. The van der Waals surface area contributed by atoms with E-state index in [4.69, 9.17) is 5.73 Å². The summed E-state index contributed by atoms with van der Waals surface area (Å²) in [6.07, 6.45) is 2.05. The Morgan fingerprint density at radius 1 is 1.37 bits per heavy atom. The summed E-state index contributed by atoms with van der Waals surface area (Å²) < 4.78 is 0. The predicted molar refractivity (Wildman–Crippen MR) is 76.1 cm³/mol. The van der Waals surface area contributed by atoms with Gasteiger partial charge in [-0.25, -0.2) is 4.98 Å². The zero-order valence-corrected chi connectivity index (χ0v) is 10.9. The minimum atomic E-state index is 0.0865. The van der Waals surface area contributed by atoms with Gasteiger partial charge in [0, 0.05) is 17.3 Å². The monoisotopic (exact) mass is 258 g/mol. The van der Waals surface area contributed by atoms with Gasteiger partial charge in [0.2, 0.25) is 5.95 Å². The smallest absolute Gasteiger partial charge is 0.222 e. The average Bonchev–Trinajstić information content (AvgIpc) is 2.39. The van der Waals surface area contributed by atoms with E-state index in [2.05, 4.69) is 28.3 Å². The van der Waals surface area contributed by atoms with E-state index in [0.717, 1.165) is 35.1 Å². The van der Waals surface area contributed by atoms with Crippen molar-refractivity contribution in [1.82, 2.24) is 9.97 Å². The Morgan fingerprint density at radius 3 is 2.95 bits per heavy atom. The molecule has 1 aliphatic heterocycles. The minimum Gasteiger partial charge on any atom is -0.396 e. The maximum absolute atomic E-state index is 9.71. The normalized spacial score (nSPS) is 21.4. The van der Waals surface area contributed by atoms with Gasteiger partial charge in [-0.15, -0.1) is 0 Å². The highest BCUT2D eigenvalue weighted by Gasteiger charge is 2.30. The van der Waals surface area contributed by atoms with Crippen LogP contribution in [0.25, 0.3) is 10.9 Å². The molecular weight excluding hydrogens is 240 g/mol. The average molecular weight is 258 g/mol. The molecule has 2 unspecified atom stereocenters. The first-order valence-corrected chi connectivity index (χ1v) is 6.68. The Kier molecular flexibility index (Phi) is 2.98. The number of benzene rings is 1. The van der Waals surface area contributed by atoms with Crippen LogP contribution in [0.2, 0.25) is 0 Å². The fraction of sp³-hybridized carbons (Fsp3) is 0.429. The molecule has 2 heterocycles. The molecule has 0 saturated carbocycles. The highest BCUT2D eigenvalue weighted by molar-refractivity contribution is 5.94. The van der Waals surface area contributed by atoms with E-state index in [1.165, 1.54) is 0 Å². The van der Waals surface area contributed by atoms with Gasteiger partial charge in [-0.05, 0) is 18.1 Å². The molecule has 2 aromatic rings. The molecule has 0 fully saturated rings. The summed E-state index contributed by atoms with van der Waals surface area (Å²) in [5.74, 6) is 1.16. The summed E-state index contributed by atoms with van der Waals surface area (Å²) in [6, 6.07) is 6.14. The van der Waals surface area contributed by atoms with Gasteiger partial charge in [0.15, 0.2) is 0 Å². The second-order valence-corrected chi connectivity index (χ2v) is 5.00. The molecule has 3 rings (SSSR count). The summed E-state index contributed by atoms with van der Waals surface area (Å²) in [6.45, 7) is 2.27. The van der Waals surface area contributed by atoms with Crippen molar-refractivity contribution in [1.29, 1.82) is 0 Å². The summed E-state index contributed by atoms with van der Waals surface area (Å²) in [5, 5.41) is 14.1. The Labute approximate surface area is 111 Å². The Hall–Kier alpha value is -1.88. The third-order valence-electron chi connectivity index (χ3n) is 3.78. The first-order chi connectivity index (χ1) is 9.24. The van der Waals surface area contributed by atoms with Crippen LogP contribution in [0.3, 0.4) is 0 Å². The highest BCUT2D eigenvalue weighted by atomic mass is 16.3. The van der Waals surface area contributed by atoms with Gasteiger partial charge in [0.05, 0.1) is 12.1 Å². The number of nitrogens with two attached hydrogens (primary N) is 1. The Morgan fingerprint density at radius 2 is 2.21 bits per heavy atom. The second kappa shape index (κ2) is 4.66. The van der Waals surface area contributed by atoms with Crippen molar-refractivity contribution in [2.75, 3.05) is 17.7 Å². The van der Waals surface area contributed by atoms with Crippen LogP contribution in [-0.4, -0.2) is 27.7 Å². The molecule has 4 N–H and O–H groups in total. The van der Waals surface area contributed by atoms with Gasteiger partial charge in [0.1, 0.15) is 5.82 Å². The maximum Gasteiger partial charge on any atom is 0.222 e. The molecule has 1 aromatic carbocycles. The van der Waals surface area contributed by atoms with Crippen molar-refractivity contribution in [3.63, 3.8) is 0 Å². The number of hydrogen-bond acceptors (Lipinski definition) is 5. The van der Waals surface area contributed by atoms with Crippen LogP contribution in [0.1, 0.15) is 31.2 Å². The van der Waals surface area contributed by atoms with Crippen molar-refractivity contribution in [3.8, 4) is 0 Å². The molecule has 0 saturated heterocycles. The van der Waals surface area contributed by atoms with Crippen LogP contribution in [0.5, 0.6) is 0 Å². The lowest BCUT2D eigenvalue weighted by atomic mass is 9.84. The van der Waals surface area contributed by atoms with Crippen molar-refractivity contribution in [2.45, 2.75) is 31.7 Å². The maximum atomic E-state index is 9.71. The topological polar surface area (TPSA) is 84.1 Å². The standard InChI is InChI=1S/C14H18N4O/c1-2-4-10-9(7-19)8-5-3-6-11-12(8)13(16-10)18-14(15)17-11/h3,5-6,9-10,19H,2,4,7H2,1H3,(H3,15,16,17,18). The molecule has 0 aliphatic carbocycles. The number of rotatable bonds is 3. The molecule has 100 valence electrons. The van der Waals surface area contributed by atoms with Gasteiger partial charge >= 0.3 is 0 Å². The van der Waals surface area contributed by atoms with Crippen molar-refractivity contribution in [3.05, 3.63) is 23.8 Å². The predicted octanol–water partition coefficient (Wildman–Crippen LogP) is 1.88. The molecule has 2 atom stereocenters. The third kappa shape index (κ3) is 1.90. The van der Waals surface area contributed by atoms with Gasteiger partial charge in [-0.3, -0.25) is 0 Å². The lowest BCUT2D eigenvalue weighted by Gasteiger charge is -2.33. The lowest BCUT2D eigenvalue weighted by molar-refractivity contribution is 0.248. The number of nitrogens with zero attached hydrogens (tertiary/aromatic N) is 2. The molecular formula is C14H18N4O. The summed E-state index contributed by atoms with van der Waals surface area (Å²) in [4.78, 5) is 8.57. The number of nitrogen functional groups attached to an aromatic ring is 1. The number of nitrogens with one attached hydrogen (secondary N) is 1. The van der Waals surface area contributed by atoms with Crippen LogP contribution < -0.4 is 11.1 Å². The zero-order chi connectivity index (χ0) is 13.4. The van der Waals surface area contributed by atoms with Crippen molar-refractivity contribution in [2.24, 2.45) is 0 Å². The summed E-state index contributed by atoms with van der Waals surface area (Å²) in [5.41, 5.74) is 7.70. The van der Waals surface area contributed by atoms with E-state index >= 15 is 0 Å². The van der Waals surface area contributed by atoms with Crippen LogP contribution in [-0.2, 0) is 0 Å². The molecule has 1 aromatic heterocycles. The fourth-order valence-corrected chi connectivity index (χ4v) is 2.94. The fourth-order valence-electron chi connectivity index (χ4n) is 2.94. The first kappa shape index (κ1) is 12.2. The number of hydrogen-bond donors (Lipinski definition) is 3.